The number of sulfonamides is 1. The average Bonchev–Trinajstić information content (AvgIpc) is 2.67. The number of hydrogen-bond acceptors (Lipinski definition) is 5. The van der Waals surface area contributed by atoms with Crippen LogP contribution in [0.3, 0.4) is 0 Å². The molecule has 1 fully saturated rings. The van der Waals surface area contributed by atoms with Gasteiger partial charge in [0.2, 0.25) is 15.9 Å². The predicted octanol–water partition coefficient (Wildman–Crippen LogP) is 1.08. The summed E-state index contributed by atoms with van der Waals surface area (Å²) >= 11 is 0. The third kappa shape index (κ3) is 6.49. The van der Waals surface area contributed by atoms with Gasteiger partial charge in [-0.3, -0.25) is 9.59 Å². The minimum absolute atomic E-state index is 0.0300. The maximum atomic E-state index is 12.3. The molecule has 1 aromatic carbocycles. The Labute approximate surface area is 166 Å². The number of aromatic hydroxyl groups is 1. The molecule has 28 heavy (non-hydrogen) atoms. The van der Waals surface area contributed by atoms with Gasteiger partial charge >= 0.3 is 0 Å². The van der Waals surface area contributed by atoms with Gasteiger partial charge in [0, 0.05) is 31.7 Å². The number of nitrogens with one attached hydrogen (secondary N) is 2. The van der Waals surface area contributed by atoms with Crippen LogP contribution < -0.4 is 10.6 Å². The Kier molecular flexibility index (Phi) is 8.25. The normalized spacial score (nSPS) is 17.8. The smallest absolute Gasteiger partial charge is 0.251 e. The molecule has 1 saturated heterocycles. The van der Waals surface area contributed by atoms with Gasteiger partial charge < -0.3 is 15.7 Å². The number of rotatable bonds is 9. The molecule has 0 saturated carbocycles. The van der Waals surface area contributed by atoms with Crippen LogP contribution in [0.2, 0.25) is 0 Å². The lowest BCUT2D eigenvalue weighted by Gasteiger charge is -2.31. The number of benzene rings is 1. The second-order valence-electron chi connectivity index (χ2n) is 6.96. The highest BCUT2D eigenvalue weighted by Crippen LogP contribution is 2.20. The van der Waals surface area contributed by atoms with Gasteiger partial charge in [0.25, 0.3) is 5.91 Å². The topological polar surface area (TPSA) is 116 Å². The Balaban J connectivity index is 1.70. The molecule has 1 aliphatic heterocycles. The van der Waals surface area contributed by atoms with E-state index in [1.807, 2.05) is 6.92 Å². The predicted molar refractivity (Wildman–Crippen MR) is 106 cm³/mol. The van der Waals surface area contributed by atoms with E-state index >= 15 is 0 Å². The van der Waals surface area contributed by atoms with Gasteiger partial charge in [0.05, 0.1) is 11.7 Å². The van der Waals surface area contributed by atoms with Crippen molar-refractivity contribution in [1.29, 1.82) is 0 Å². The highest BCUT2D eigenvalue weighted by atomic mass is 32.2. The maximum Gasteiger partial charge on any atom is 0.251 e. The van der Waals surface area contributed by atoms with Gasteiger partial charge in [0.15, 0.2) is 0 Å². The van der Waals surface area contributed by atoms with Crippen LogP contribution in [0.1, 0.15) is 43.0 Å². The molecule has 2 amide bonds. The summed E-state index contributed by atoms with van der Waals surface area (Å²) < 4.78 is 25.8. The summed E-state index contributed by atoms with van der Waals surface area (Å²) in [5.74, 6) is -0.619. The van der Waals surface area contributed by atoms with E-state index in [1.165, 1.54) is 16.4 Å². The summed E-state index contributed by atoms with van der Waals surface area (Å²) in [5.41, 5.74) is 0.375. The molecule has 0 bridgehead atoms. The molecule has 8 nitrogen and oxygen atoms in total. The molecule has 3 N–H and O–H groups in total. The molecule has 1 heterocycles. The number of carbonyl (C=O) groups excluding carboxylic acids is 2. The van der Waals surface area contributed by atoms with E-state index in [4.69, 9.17) is 0 Å². The lowest BCUT2D eigenvalue weighted by atomic mass is 9.99. The quantitative estimate of drug-likeness (QED) is 0.526. The van der Waals surface area contributed by atoms with E-state index < -0.39 is 10.0 Å². The Bertz CT molecular complexity index is 782. The van der Waals surface area contributed by atoms with Crippen molar-refractivity contribution in [2.24, 2.45) is 5.92 Å². The fourth-order valence-electron chi connectivity index (χ4n) is 3.19. The van der Waals surface area contributed by atoms with Crippen LogP contribution in [0.15, 0.2) is 24.3 Å². The van der Waals surface area contributed by atoms with Crippen molar-refractivity contribution in [1.82, 2.24) is 14.9 Å². The third-order valence-electron chi connectivity index (χ3n) is 4.66. The molecule has 9 heteroatoms. The molecular weight excluding hydrogens is 382 g/mol. The van der Waals surface area contributed by atoms with Gasteiger partial charge in [-0.2, -0.15) is 0 Å². The van der Waals surface area contributed by atoms with E-state index in [2.05, 4.69) is 10.6 Å². The summed E-state index contributed by atoms with van der Waals surface area (Å²) in [6.45, 7) is 3.33. The van der Waals surface area contributed by atoms with Crippen LogP contribution in [0, 0.1) is 5.92 Å². The lowest BCUT2D eigenvalue weighted by Crippen LogP contribution is -2.46. The first-order valence-electron chi connectivity index (χ1n) is 9.66. The molecular formula is C19H29N3O5S. The number of amides is 2. The van der Waals surface area contributed by atoms with Gasteiger partial charge in [0.1, 0.15) is 5.75 Å². The Morgan fingerprint density at radius 1 is 1.25 bits per heavy atom. The van der Waals surface area contributed by atoms with E-state index in [-0.39, 0.29) is 35.8 Å². The number of nitrogens with zero attached hydrogens (tertiary/aromatic N) is 1. The van der Waals surface area contributed by atoms with Gasteiger partial charge in [-0.15, -0.1) is 0 Å². The maximum absolute atomic E-state index is 12.3. The van der Waals surface area contributed by atoms with Gasteiger partial charge in [-0.1, -0.05) is 13.0 Å². The Morgan fingerprint density at radius 3 is 2.71 bits per heavy atom. The molecule has 2 rings (SSSR count). The molecule has 156 valence electrons. The van der Waals surface area contributed by atoms with E-state index in [1.54, 1.807) is 12.1 Å². The second kappa shape index (κ2) is 10.4. The highest BCUT2D eigenvalue weighted by molar-refractivity contribution is 7.89. The number of carbonyl (C=O) groups is 2. The molecule has 1 aliphatic rings. The van der Waals surface area contributed by atoms with Crippen LogP contribution in [0.5, 0.6) is 5.75 Å². The summed E-state index contributed by atoms with van der Waals surface area (Å²) in [4.78, 5) is 24.3. The van der Waals surface area contributed by atoms with Crippen molar-refractivity contribution >= 4 is 21.8 Å². The monoisotopic (exact) mass is 411 g/mol. The minimum atomic E-state index is -3.28. The van der Waals surface area contributed by atoms with Crippen molar-refractivity contribution in [2.75, 3.05) is 31.9 Å². The van der Waals surface area contributed by atoms with Gasteiger partial charge in [-0.05, 0) is 43.9 Å². The molecule has 0 aliphatic carbocycles. The summed E-state index contributed by atoms with van der Waals surface area (Å²) in [5, 5.41) is 14.9. The summed E-state index contributed by atoms with van der Waals surface area (Å²) in [7, 11) is -3.28. The van der Waals surface area contributed by atoms with Crippen molar-refractivity contribution in [3.05, 3.63) is 29.8 Å². The minimum Gasteiger partial charge on any atom is -0.508 e. The standard InChI is InChI=1S/C19H29N3O5S/c1-2-12-28(26,27)22-11-4-7-16(14-22)19(25)21-10-5-9-20-18(24)15-6-3-8-17(23)13-15/h3,6,8,13,16,23H,2,4-5,7,9-12,14H2,1H3,(H,20,24)(H,21,25). The molecule has 1 unspecified atom stereocenters. The Hall–Kier alpha value is -2.13. The largest absolute Gasteiger partial charge is 0.508 e. The third-order valence-corrected chi connectivity index (χ3v) is 6.70. The number of phenols is 1. The molecule has 0 radical (unpaired) electrons. The van der Waals surface area contributed by atoms with E-state index in [0.717, 1.165) is 0 Å². The fraction of sp³-hybridized carbons (Fsp3) is 0.579. The average molecular weight is 412 g/mol. The van der Waals surface area contributed by atoms with Crippen LogP contribution in [-0.2, 0) is 14.8 Å². The lowest BCUT2D eigenvalue weighted by molar-refractivity contribution is -0.126. The number of hydrogen-bond donors (Lipinski definition) is 3. The molecule has 1 aromatic rings. The fourth-order valence-corrected chi connectivity index (χ4v) is 4.78. The molecule has 0 aromatic heterocycles. The van der Waals surface area contributed by atoms with Gasteiger partial charge in [-0.25, -0.2) is 12.7 Å². The van der Waals surface area contributed by atoms with Crippen molar-refractivity contribution in [2.45, 2.75) is 32.6 Å². The number of piperidine rings is 1. The van der Waals surface area contributed by atoms with Crippen molar-refractivity contribution in [3.8, 4) is 5.75 Å². The summed E-state index contributed by atoms with van der Waals surface area (Å²) in [6.07, 6.45) is 2.48. The van der Waals surface area contributed by atoms with E-state index in [9.17, 15) is 23.1 Å². The van der Waals surface area contributed by atoms with Crippen LogP contribution in [-0.4, -0.2) is 61.6 Å². The van der Waals surface area contributed by atoms with Crippen molar-refractivity contribution in [3.63, 3.8) is 0 Å². The SMILES string of the molecule is CCCS(=O)(=O)N1CCCC(C(=O)NCCCNC(=O)c2cccc(O)c2)C1. The first kappa shape index (κ1) is 22.2. The van der Waals surface area contributed by atoms with E-state index in [0.29, 0.717) is 50.9 Å². The Morgan fingerprint density at radius 2 is 2.00 bits per heavy atom. The van der Waals surface area contributed by atoms with Crippen LogP contribution >= 0.6 is 0 Å². The molecule has 1 atom stereocenters. The zero-order chi connectivity index (χ0) is 20.6. The summed E-state index contributed by atoms with van der Waals surface area (Å²) in [6, 6.07) is 6.08. The second-order valence-corrected chi connectivity index (χ2v) is 9.05. The highest BCUT2D eigenvalue weighted by Gasteiger charge is 2.31. The zero-order valence-electron chi connectivity index (χ0n) is 16.2. The zero-order valence-corrected chi connectivity index (χ0v) is 17.0. The van der Waals surface area contributed by atoms with Crippen molar-refractivity contribution < 1.29 is 23.1 Å². The van der Waals surface area contributed by atoms with Crippen LogP contribution in [0.4, 0.5) is 0 Å². The first-order valence-corrected chi connectivity index (χ1v) is 11.3. The van der Waals surface area contributed by atoms with Crippen LogP contribution in [0.25, 0.3) is 0 Å². The number of phenolic OH excluding ortho intramolecular Hbond substituents is 1. The first-order chi connectivity index (χ1) is 13.3. The molecule has 0 spiro atoms.